The Morgan fingerprint density at radius 3 is 2.75 bits per heavy atom. The highest BCUT2D eigenvalue weighted by Gasteiger charge is 1.97. The number of hydrogen-bond donors (Lipinski definition) is 1. The molecular weight excluding hydrogens is 123 g/mol. The largest absolute Gasteiger partial charge is 0.368 e. The Hall–Kier alpha value is 0.350. The minimum absolute atomic E-state index is 0.583. The van der Waals surface area contributed by atoms with Gasteiger partial charge < -0.3 is 9.63 Å². The Balaban J connectivity index is 2.86. The van der Waals surface area contributed by atoms with Gasteiger partial charge in [-0.15, -0.1) is 0 Å². The molecule has 0 amide bonds. The third kappa shape index (κ3) is 4.51. The minimum atomic E-state index is -0.583. The molecule has 0 aliphatic rings. The molecule has 0 aliphatic heterocycles. The first-order chi connectivity index (χ1) is 3.81. The van der Waals surface area contributed by atoms with Gasteiger partial charge in [0.2, 0.25) is 0 Å². The molecule has 0 bridgehead atoms. The van der Waals surface area contributed by atoms with Gasteiger partial charge in [-0.2, -0.15) is 0 Å². The maximum Gasteiger partial charge on any atom is 0.157 e. The molecule has 0 spiro atoms. The molecule has 0 aromatic carbocycles. The molecule has 0 saturated heterocycles. The predicted octanol–water partition coefficient (Wildman–Crippen LogP) is 1.30. The second-order valence-corrected chi connectivity index (χ2v) is 2.01. The summed E-state index contributed by atoms with van der Waals surface area (Å²) in [6.45, 7) is 2.08. The molecule has 2 nitrogen and oxygen atoms in total. The Kier molecular flexibility index (Phi) is 5.73. The highest BCUT2D eigenvalue weighted by atomic mass is 31.0. The van der Waals surface area contributed by atoms with E-state index in [9.17, 15) is 0 Å². The van der Waals surface area contributed by atoms with Crippen molar-refractivity contribution >= 4 is 9.47 Å². The summed E-state index contributed by atoms with van der Waals surface area (Å²) in [5.74, 6) is 0. The van der Waals surface area contributed by atoms with Crippen molar-refractivity contribution in [3.8, 4) is 0 Å². The van der Waals surface area contributed by atoms with Gasteiger partial charge in [-0.05, 0) is 12.8 Å². The van der Waals surface area contributed by atoms with Crippen LogP contribution in [0.1, 0.15) is 26.2 Å². The van der Waals surface area contributed by atoms with E-state index < -0.39 is 6.29 Å². The van der Waals surface area contributed by atoms with E-state index in [1.54, 1.807) is 0 Å². The van der Waals surface area contributed by atoms with Crippen molar-refractivity contribution in [2.45, 2.75) is 32.5 Å². The third-order valence-corrected chi connectivity index (χ3v) is 1.28. The van der Waals surface area contributed by atoms with Gasteiger partial charge in [-0.3, -0.25) is 0 Å². The van der Waals surface area contributed by atoms with Crippen LogP contribution in [0.4, 0.5) is 0 Å². The van der Waals surface area contributed by atoms with Crippen molar-refractivity contribution in [1.82, 2.24) is 0 Å². The maximum atomic E-state index is 8.75. The molecule has 0 aromatic rings. The van der Waals surface area contributed by atoms with E-state index in [4.69, 9.17) is 5.11 Å². The Morgan fingerprint density at radius 2 is 2.38 bits per heavy atom. The molecule has 0 aromatic heterocycles. The molecule has 0 radical (unpaired) electrons. The number of aliphatic hydroxyl groups is 1. The average Bonchev–Trinajstić information content (AvgIpc) is 1.83. The van der Waals surface area contributed by atoms with Gasteiger partial charge in [0.1, 0.15) is 0 Å². The van der Waals surface area contributed by atoms with Crippen LogP contribution in [0.25, 0.3) is 0 Å². The smallest absolute Gasteiger partial charge is 0.157 e. The SMILES string of the molecule is CCCCC(O)OP. The van der Waals surface area contributed by atoms with Gasteiger partial charge in [-0.1, -0.05) is 13.3 Å². The summed E-state index contributed by atoms with van der Waals surface area (Å²) in [7, 11) is 2.04. The zero-order valence-electron chi connectivity index (χ0n) is 5.13. The Labute approximate surface area is 52.5 Å². The van der Waals surface area contributed by atoms with Crippen LogP contribution in [-0.4, -0.2) is 11.4 Å². The third-order valence-electron chi connectivity index (χ3n) is 0.962. The van der Waals surface area contributed by atoms with Crippen LogP contribution >= 0.6 is 9.47 Å². The topological polar surface area (TPSA) is 29.5 Å². The molecule has 0 fully saturated rings. The van der Waals surface area contributed by atoms with E-state index in [-0.39, 0.29) is 0 Å². The molecule has 2 unspecified atom stereocenters. The lowest BCUT2D eigenvalue weighted by atomic mass is 10.2. The van der Waals surface area contributed by atoms with Crippen LogP contribution in [0, 0.1) is 0 Å². The van der Waals surface area contributed by atoms with Gasteiger partial charge in [0.05, 0.1) is 0 Å². The quantitative estimate of drug-likeness (QED) is 0.466. The van der Waals surface area contributed by atoms with Gasteiger partial charge in [-0.25, -0.2) is 0 Å². The van der Waals surface area contributed by atoms with E-state index in [0.29, 0.717) is 0 Å². The Bertz CT molecular complexity index is 49.7. The van der Waals surface area contributed by atoms with Crippen LogP contribution < -0.4 is 0 Å². The average molecular weight is 136 g/mol. The van der Waals surface area contributed by atoms with Crippen LogP contribution in [0.3, 0.4) is 0 Å². The standard InChI is InChI=1S/C5H13O2P/c1-2-3-4-5(6)7-8/h5-6H,2-4,8H2,1H3. The number of rotatable bonds is 4. The van der Waals surface area contributed by atoms with Gasteiger partial charge in [0.25, 0.3) is 0 Å². The first-order valence-electron chi connectivity index (χ1n) is 2.84. The number of aliphatic hydroxyl groups excluding tert-OH is 1. The van der Waals surface area contributed by atoms with Crippen LogP contribution in [-0.2, 0) is 4.52 Å². The van der Waals surface area contributed by atoms with Crippen LogP contribution in [0.5, 0.6) is 0 Å². The van der Waals surface area contributed by atoms with Gasteiger partial charge >= 0.3 is 0 Å². The normalized spacial score (nSPS) is 13.9. The van der Waals surface area contributed by atoms with Crippen molar-refractivity contribution in [2.75, 3.05) is 0 Å². The lowest BCUT2D eigenvalue weighted by Crippen LogP contribution is -2.04. The van der Waals surface area contributed by atoms with Crippen molar-refractivity contribution in [2.24, 2.45) is 0 Å². The number of hydrogen-bond acceptors (Lipinski definition) is 2. The highest BCUT2D eigenvalue weighted by molar-refractivity contribution is 7.09. The van der Waals surface area contributed by atoms with Crippen LogP contribution in [0.2, 0.25) is 0 Å². The summed E-state index contributed by atoms with van der Waals surface area (Å²) < 4.78 is 4.52. The molecule has 0 rings (SSSR count). The summed E-state index contributed by atoms with van der Waals surface area (Å²) in [4.78, 5) is 0. The Morgan fingerprint density at radius 1 is 1.75 bits per heavy atom. The maximum absolute atomic E-state index is 8.75. The van der Waals surface area contributed by atoms with E-state index >= 15 is 0 Å². The molecule has 50 valence electrons. The van der Waals surface area contributed by atoms with Crippen molar-refractivity contribution in [3.63, 3.8) is 0 Å². The zero-order valence-corrected chi connectivity index (χ0v) is 6.29. The van der Waals surface area contributed by atoms with E-state index in [2.05, 4.69) is 11.4 Å². The molecule has 0 heterocycles. The molecule has 8 heavy (non-hydrogen) atoms. The van der Waals surface area contributed by atoms with Crippen LogP contribution in [0.15, 0.2) is 0 Å². The fourth-order valence-corrected chi connectivity index (χ4v) is 0.583. The lowest BCUT2D eigenvalue weighted by molar-refractivity contribution is -0.0101. The van der Waals surface area contributed by atoms with E-state index in [1.165, 1.54) is 0 Å². The molecule has 0 aliphatic carbocycles. The molecule has 0 saturated carbocycles. The summed E-state index contributed by atoms with van der Waals surface area (Å²) >= 11 is 0. The molecular formula is C5H13O2P. The molecule has 3 heteroatoms. The second-order valence-electron chi connectivity index (χ2n) is 1.73. The summed E-state index contributed by atoms with van der Waals surface area (Å²) in [6, 6.07) is 0. The molecule has 2 atom stereocenters. The molecule has 1 N–H and O–H groups in total. The van der Waals surface area contributed by atoms with Crippen molar-refractivity contribution in [1.29, 1.82) is 0 Å². The summed E-state index contributed by atoms with van der Waals surface area (Å²) in [6.07, 6.45) is 2.28. The monoisotopic (exact) mass is 136 g/mol. The fraction of sp³-hybridized carbons (Fsp3) is 1.00. The summed E-state index contributed by atoms with van der Waals surface area (Å²) in [5, 5.41) is 8.75. The fourth-order valence-electron chi connectivity index (χ4n) is 0.447. The van der Waals surface area contributed by atoms with Crippen molar-refractivity contribution < 1.29 is 9.63 Å². The van der Waals surface area contributed by atoms with Crippen molar-refractivity contribution in [3.05, 3.63) is 0 Å². The summed E-state index contributed by atoms with van der Waals surface area (Å²) in [5.41, 5.74) is 0. The minimum Gasteiger partial charge on any atom is -0.368 e. The second kappa shape index (κ2) is 5.49. The lowest BCUT2D eigenvalue weighted by Gasteiger charge is -2.04. The van der Waals surface area contributed by atoms with E-state index in [0.717, 1.165) is 19.3 Å². The van der Waals surface area contributed by atoms with Gasteiger partial charge in [0, 0.05) is 9.47 Å². The van der Waals surface area contributed by atoms with Gasteiger partial charge in [0.15, 0.2) is 6.29 Å². The van der Waals surface area contributed by atoms with E-state index in [1.807, 2.05) is 9.47 Å². The first-order valence-corrected chi connectivity index (χ1v) is 3.32. The zero-order chi connectivity index (χ0) is 6.41. The first kappa shape index (κ1) is 8.35. The number of unbranched alkanes of at least 4 members (excludes halogenated alkanes) is 1. The highest BCUT2D eigenvalue weighted by Crippen LogP contribution is 2.03. The predicted molar refractivity (Wildman–Crippen MR) is 36.3 cm³/mol.